The zero-order valence-corrected chi connectivity index (χ0v) is 15.5. The van der Waals surface area contributed by atoms with Gasteiger partial charge in [-0.05, 0) is 58.4 Å². The van der Waals surface area contributed by atoms with Gasteiger partial charge >= 0.3 is 0 Å². The van der Waals surface area contributed by atoms with Crippen LogP contribution in [0.1, 0.15) is 33.3 Å². The Kier molecular flexibility index (Phi) is 4.30. The maximum absolute atomic E-state index is 12.9. The number of benzene rings is 1. The van der Waals surface area contributed by atoms with E-state index in [1.165, 1.54) is 4.31 Å². The van der Waals surface area contributed by atoms with Crippen molar-refractivity contribution >= 4 is 26.0 Å². The van der Waals surface area contributed by atoms with Crippen LogP contribution in [0.15, 0.2) is 27.6 Å². The highest BCUT2D eigenvalue weighted by Crippen LogP contribution is 2.32. The van der Waals surface area contributed by atoms with Gasteiger partial charge in [-0.25, -0.2) is 8.42 Å². The molecule has 1 saturated heterocycles. The predicted octanol–water partition coefficient (Wildman–Crippen LogP) is 3.34. The SMILES string of the molecule is Cc1cc(S(=O)(=O)N2CC(C)(C)OC(C)(C)C2)ccc1Br. The number of halogens is 1. The lowest BCUT2D eigenvalue weighted by molar-refractivity contribution is -0.163. The second-order valence-corrected chi connectivity index (χ2v) is 9.60. The van der Waals surface area contributed by atoms with Crippen molar-refractivity contribution in [2.75, 3.05) is 13.1 Å². The van der Waals surface area contributed by atoms with Gasteiger partial charge in [0.25, 0.3) is 0 Å². The van der Waals surface area contributed by atoms with Gasteiger partial charge in [-0.15, -0.1) is 0 Å². The number of hydrogen-bond donors (Lipinski definition) is 0. The quantitative estimate of drug-likeness (QED) is 0.796. The standard InChI is InChI=1S/C15H22BrNO3S/c1-11-8-12(6-7-13(11)16)21(18,19)17-9-14(2,3)20-15(4,5)10-17/h6-8H,9-10H2,1-5H3. The molecule has 1 heterocycles. The van der Waals surface area contributed by atoms with E-state index in [1.54, 1.807) is 18.2 Å². The van der Waals surface area contributed by atoms with Crippen LogP contribution >= 0.6 is 15.9 Å². The Bertz CT molecular complexity index is 637. The molecule has 0 N–H and O–H groups in total. The van der Waals surface area contributed by atoms with E-state index >= 15 is 0 Å². The van der Waals surface area contributed by atoms with E-state index in [0.29, 0.717) is 18.0 Å². The van der Waals surface area contributed by atoms with Gasteiger partial charge in [-0.2, -0.15) is 4.31 Å². The van der Waals surface area contributed by atoms with Gasteiger partial charge in [-0.1, -0.05) is 15.9 Å². The Balaban J connectivity index is 2.41. The first-order valence-corrected chi connectivity index (χ1v) is 9.13. The van der Waals surface area contributed by atoms with Crippen LogP contribution in [0.3, 0.4) is 0 Å². The lowest BCUT2D eigenvalue weighted by Gasteiger charge is -2.46. The van der Waals surface area contributed by atoms with Crippen molar-refractivity contribution in [3.8, 4) is 0 Å². The summed E-state index contributed by atoms with van der Waals surface area (Å²) >= 11 is 3.40. The third kappa shape index (κ3) is 3.67. The van der Waals surface area contributed by atoms with Gasteiger partial charge in [0.05, 0.1) is 16.1 Å². The summed E-state index contributed by atoms with van der Waals surface area (Å²) in [5.74, 6) is 0. The first kappa shape index (κ1) is 16.9. The number of sulfonamides is 1. The fourth-order valence-corrected chi connectivity index (χ4v) is 4.89. The first-order chi connectivity index (χ1) is 9.43. The number of nitrogens with zero attached hydrogens (tertiary/aromatic N) is 1. The number of aryl methyl sites for hydroxylation is 1. The zero-order chi connectivity index (χ0) is 16.1. The fourth-order valence-electron chi connectivity index (χ4n) is 2.81. The van der Waals surface area contributed by atoms with Crippen LogP contribution in [-0.2, 0) is 14.8 Å². The summed E-state index contributed by atoms with van der Waals surface area (Å²) < 4.78 is 34.1. The van der Waals surface area contributed by atoms with Crippen molar-refractivity contribution in [1.82, 2.24) is 4.31 Å². The number of hydrogen-bond acceptors (Lipinski definition) is 3. The molecular weight excluding hydrogens is 354 g/mol. The van der Waals surface area contributed by atoms with E-state index in [4.69, 9.17) is 4.74 Å². The normalized spacial score (nSPS) is 22.2. The number of ether oxygens (including phenoxy) is 1. The summed E-state index contributed by atoms with van der Waals surface area (Å²) in [6, 6.07) is 5.12. The number of morpholine rings is 1. The highest BCUT2D eigenvalue weighted by Gasteiger charge is 2.43. The van der Waals surface area contributed by atoms with Crippen LogP contribution in [0.4, 0.5) is 0 Å². The molecule has 2 rings (SSSR count). The molecule has 1 aliphatic heterocycles. The predicted molar refractivity (Wildman–Crippen MR) is 86.9 cm³/mol. The Hall–Kier alpha value is -0.430. The van der Waals surface area contributed by atoms with Crippen LogP contribution in [-0.4, -0.2) is 37.0 Å². The second-order valence-electron chi connectivity index (χ2n) is 6.81. The van der Waals surface area contributed by atoms with Gasteiger partial charge in [0, 0.05) is 17.6 Å². The van der Waals surface area contributed by atoms with E-state index < -0.39 is 21.2 Å². The molecule has 0 aliphatic carbocycles. The summed E-state index contributed by atoms with van der Waals surface area (Å²) in [6.07, 6.45) is 0. The molecule has 1 aromatic rings. The Morgan fingerprint density at radius 2 is 1.67 bits per heavy atom. The van der Waals surface area contributed by atoms with E-state index in [1.807, 2.05) is 34.6 Å². The van der Waals surface area contributed by atoms with Crippen molar-refractivity contribution in [2.24, 2.45) is 0 Å². The topological polar surface area (TPSA) is 46.6 Å². The summed E-state index contributed by atoms with van der Waals surface area (Å²) in [4.78, 5) is 0.330. The van der Waals surface area contributed by atoms with Crippen molar-refractivity contribution in [3.63, 3.8) is 0 Å². The van der Waals surface area contributed by atoms with Crippen molar-refractivity contribution < 1.29 is 13.2 Å². The average molecular weight is 376 g/mol. The maximum Gasteiger partial charge on any atom is 0.243 e. The molecule has 6 heteroatoms. The minimum absolute atomic E-state index is 0.330. The van der Waals surface area contributed by atoms with Crippen LogP contribution in [0.2, 0.25) is 0 Å². The van der Waals surface area contributed by atoms with E-state index in [-0.39, 0.29) is 0 Å². The van der Waals surface area contributed by atoms with Crippen LogP contribution in [0.25, 0.3) is 0 Å². The molecule has 0 aromatic heterocycles. The Morgan fingerprint density at radius 3 is 2.14 bits per heavy atom. The van der Waals surface area contributed by atoms with Gasteiger partial charge in [0.15, 0.2) is 0 Å². The van der Waals surface area contributed by atoms with Gasteiger partial charge in [-0.3, -0.25) is 0 Å². The molecule has 0 spiro atoms. The van der Waals surface area contributed by atoms with Crippen molar-refractivity contribution in [3.05, 3.63) is 28.2 Å². The molecular formula is C15H22BrNO3S. The lowest BCUT2D eigenvalue weighted by Crippen LogP contribution is -2.58. The Morgan fingerprint density at radius 1 is 1.14 bits per heavy atom. The highest BCUT2D eigenvalue weighted by molar-refractivity contribution is 9.10. The van der Waals surface area contributed by atoms with E-state index in [0.717, 1.165) is 10.0 Å². The zero-order valence-electron chi connectivity index (χ0n) is 13.1. The van der Waals surface area contributed by atoms with Crippen LogP contribution < -0.4 is 0 Å². The number of rotatable bonds is 2. The minimum Gasteiger partial charge on any atom is -0.367 e. The molecule has 0 radical (unpaired) electrons. The van der Waals surface area contributed by atoms with Gasteiger partial charge in [0.2, 0.25) is 10.0 Å². The highest BCUT2D eigenvalue weighted by atomic mass is 79.9. The van der Waals surface area contributed by atoms with Gasteiger partial charge < -0.3 is 4.74 Å². The summed E-state index contributed by atoms with van der Waals surface area (Å²) in [6.45, 7) is 10.3. The second kappa shape index (κ2) is 5.33. The van der Waals surface area contributed by atoms with Crippen LogP contribution in [0.5, 0.6) is 0 Å². The molecule has 118 valence electrons. The van der Waals surface area contributed by atoms with E-state index in [2.05, 4.69) is 15.9 Å². The first-order valence-electron chi connectivity index (χ1n) is 6.89. The molecule has 4 nitrogen and oxygen atoms in total. The molecule has 0 atom stereocenters. The third-order valence-electron chi connectivity index (χ3n) is 3.43. The maximum atomic E-state index is 12.9. The average Bonchev–Trinajstić information content (AvgIpc) is 2.28. The molecule has 1 aromatic carbocycles. The minimum atomic E-state index is -3.51. The van der Waals surface area contributed by atoms with Gasteiger partial charge in [0.1, 0.15) is 0 Å². The molecule has 0 bridgehead atoms. The smallest absolute Gasteiger partial charge is 0.243 e. The lowest BCUT2D eigenvalue weighted by atomic mass is 10.0. The summed E-state index contributed by atoms with van der Waals surface area (Å²) in [5.41, 5.74) is -0.0961. The molecule has 1 fully saturated rings. The van der Waals surface area contributed by atoms with Crippen LogP contribution in [0, 0.1) is 6.92 Å². The molecule has 1 aliphatic rings. The Labute approximate surface area is 135 Å². The van der Waals surface area contributed by atoms with E-state index in [9.17, 15) is 8.42 Å². The third-order valence-corrected chi connectivity index (χ3v) is 6.11. The largest absolute Gasteiger partial charge is 0.367 e. The molecule has 21 heavy (non-hydrogen) atoms. The van der Waals surface area contributed by atoms with Crippen molar-refractivity contribution in [2.45, 2.75) is 50.7 Å². The molecule has 0 amide bonds. The molecule has 0 unspecified atom stereocenters. The summed E-state index contributed by atoms with van der Waals surface area (Å²) in [5, 5.41) is 0. The monoisotopic (exact) mass is 375 g/mol. The summed E-state index contributed by atoms with van der Waals surface area (Å²) in [7, 11) is -3.51. The molecule has 0 saturated carbocycles. The fraction of sp³-hybridized carbons (Fsp3) is 0.600. The van der Waals surface area contributed by atoms with Crippen molar-refractivity contribution in [1.29, 1.82) is 0 Å².